The van der Waals surface area contributed by atoms with Gasteiger partial charge in [0.1, 0.15) is 10.7 Å². The highest BCUT2D eigenvalue weighted by Crippen LogP contribution is 2.25. The van der Waals surface area contributed by atoms with Gasteiger partial charge in [-0.3, -0.25) is 0 Å². The minimum atomic E-state index is -3.44. The highest BCUT2D eigenvalue weighted by atomic mass is 32.2. The van der Waals surface area contributed by atoms with Crippen molar-refractivity contribution in [3.63, 3.8) is 0 Å². The topological polar surface area (TPSA) is 71.1 Å². The van der Waals surface area contributed by atoms with Gasteiger partial charge in [-0.2, -0.15) is 11.8 Å². The Kier molecular flexibility index (Phi) is 5.68. The van der Waals surface area contributed by atoms with Crippen LogP contribution in [-0.2, 0) is 10.0 Å². The van der Waals surface area contributed by atoms with Crippen molar-refractivity contribution in [3.8, 4) is 0 Å². The van der Waals surface area contributed by atoms with Gasteiger partial charge in [0.25, 0.3) is 0 Å². The van der Waals surface area contributed by atoms with Crippen LogP contribution in [0.2, 0.25) is 0 Å². The standard InChI is InChI=1S/C13H21N3O2S2/c1-2-7-14-13-6-5-12(10-15-13)20(17,18)16-9-11-4-3-8-19-11/h5-6,10-11,16H,2-4,7-9H2,1H3,(H,14,15). The number of aromatic nitrogens is 1. The third kappa shape index (κ3) is 4.36. The zero-order valence-electron chi connectivity index (χ0n) is 11.6. The van der Waals surface area contributed by atoms with Gasteiger partial charge in [-0.1, -0.05) is 6.92 Å². The molecule has 0 bridgehead atoms. The molecule has 0 aromatic carbocycles. The summed E-state index contributed by atoms with van der Waals surface area (Å²) >= 11 is 1.84. The quantitative estimate of drug-likeness (QED) is 0.806. The molecule has 112 valence electrons. The fraction of sp³-hybridized carbons (Fsp3) is 0.615. The molecule has 0 radical (unpaired) electrons. The molecule has 20 heavy (non-hydrogen) atoms. The zero-order valence-corrected chi connectivity index (χ0v) is 13.3. The maximum absolute atomic E-state index is 12.1. The van der Waals surface area contributed by atoms with Crippen LogP contribution in [0.25, 0.3) is 0 Å². The molecule has 1 aliphatic rings. The molecule has 2 rings (SSSR count). The van der Waals surface area contributed by atoms with Gasteiger partial charge in [-0.15, -0.1) is 0 Å². The molecule has 1 aromatic rings. The first kappa shape index (κ1) is 15.6. The van der Waals surface area contributed by atoms with Crippen molar-refractivity contribution in [1.82, 2.24) is 9.71 Å². The molecule has 7 heteroatoms. The molecule has 1 aliphatic heterocycles. The van der Waals surface area contributed by atoms with Crippen LogP contribution in [-0.4, -0.2) is 37.5 Å². The van der Waals surface area contributed by atoms with Crippen LogP contribution in [0.15, 0.2) is 23.2 Å². The van der Waals surface area contributed by atoms with Crippen molar-refractivity contribution in [3.05, 3.63) is 18.3 Å². The van der Waals surface area contributed by atoms with E-state index in [1.54, 1.807) is 12.1 Å². The molecule has 0 aliphatic carbocycles. The number of thioether (sulfide) groups is 1. The van der Waals surface area contributed by atoms with Crippen molar-refractivity contribution in [2.75, 3.05) is 24.2 Å². The molecule has 0 amide bonds. The van der Waals surface area contributed by atoms with Crippen LogP contribution < -0.4 is 10.0 Å². The number of sulfonamides is 1. The van der Waals surface area contributed by atoms with Crippen LogP contribution in [0.5, 0.6) is 0 Å². The Bertz CT molecular complexity index is 511. The lowest BCUT2D eigenvalue weighted by molar-refractivity contribution is 0.578. The fourth-order valence-electron chi connectivity index (χ4n) is 1.99. The summed E-state index contributed by atoms with van der Waals surface area (Å²) in [5, 5.41) is 3.53. The second-order valence-electron chi connectivity index (χ2n) is 4.79. The number of rotatable bonds is 7. The molecule has 5 nitrogen and oxygen atoms in total. The van der Waals surface area contributed by atoms with E-state index in [0.29, 0.717) is 17.6 Å². The molecular weight excluding hydrogens is 294 g/mol. The minimum Gasteiger partial charge on any atom is -0.370 e. The highest BCUT2D eigenvalue weighted by molar-refractivity contribution is 8.00. The summed E-state index contributed by atoms with van der Waals surface area (Å²) < 4.78 is 26.9. The average molecular weight is 315 g/mol. The second-order valence-corrected chi connectivity index (χ2v) is 7.97. The SMILES string of the molecule is CCCNc1ccc(S(=O)(=O)NCC2CCCS2)cn1. The molecule has 1 saturated heterocycles. The van der Waals surface area contributed by atoms with Gasteiger partial charge in [0.15, 0.2) is 0 Å². The van der Waals surface area contributed by atoms with Crippen LogP contribution >= 0.6 is 11.8 Å². The van der Waals surface area contributed by atoms with Crippen molar-refractivity contribution in [1.29, 1.82) is 0 Å². The summed E-state index contributed by atoms with van der Waals surface area (Å²) in [6, 6.07) is 3.30. The lowest BCUT2D eigenvalue weighted by atomic mass is 10.2. The van der Waals surface area contributed by atoms with Gasteiger partial charge >= 0.3 is 0 Å². The third-order valence-electron chi connectivity index (χ3n) is 3.13. The molecule has 1 aromatic heterocycles. The summed E-state index contributed by atoms with van der Waals surface area (Å²) in [6.45, 7) is 3.40. The third-order valence-corrected chi connectivity index (χ3v) is 5.93. The Labute approximate surface area is 125 Å². The first-order valence-corrected chi connectivity index (χ1v) is 9.46. The average Bonchev–Trinajstić information content (AvgIpc) is 2.97. The smallest absolute Gasteiger partial charge is 0.242 e. The minimum absolute atomic E-state index is 0.225. The number of nitrogens with one attached hydrogen (secondary N) is 2. The second kappa shape index (κ2) is 7.28. The van der Waals surface area contributed by atoms with Crippen molar-refractivity contribution in [2.24, 2.45) is 0 Å². The van der Waals surface area contributed by atoms with Gasteiger partial charge in [0.05, 0.1) is 0 Å². The van der Waals surface area contributed by atoms with E-state index in [0.717, 1.165) is 25.1 Å². The largest absolute Gasteiger partial charge is 0.370 e. The molecular formula is C13H21N3O2S2. The van der Waals surface area contributed by atoms with Crippen molar-refractivity contribution in [2.45, 2.75) is 36.3 Å². The van der Waals surface area contributed by atoms with Crippen molar-refractivity contribution < 1.29 is 8.42 Å². The number of anilines is 1. The molecule has 0 spiro atoms. The zero-order chi connectivity index (χ0) is 14.4. The Morgan fingerprint density at radius 2 is 2.30 bits per heavy atom. The summed E-state index contributed by atoms with van der Waals surface area (Å²) in [6.07, 6.45) is 4.67. The van der Waals surface area contributed by atoms with E-state index in [1.165, 1.54) is 12.6 Å². The lowest BCUT2D eigenvalue weighted by Gasteiger charge is -2.11. The van der Waals surface area contributed by atoms with Crippen molar-refractivity contribution >= 4 is 27.6 Å². The predicted octanol–water partition coefficient (Wildman–Crippen LogP) is 2.08. The summed E-state index contributed by atoms with van der Waals surface area (Å²) in [7, 11) is -3.44. The van der Waals surface area contributed by atoms with E-state index >= 15 is 0 Å². The highest BCUT2D eigenvalue weighted by Gasteiger charge is 2.20. The van der Waals surface area contributed by atoms with Gasteiger partial charge < -0.3 is 5.32 Å². The van der Waals surface area contributed by atoms with Crippen LogP contribution in [0.3, 0.4) is 0 Å². The fourth-order valence-corrected chi connectivity index (χ4v) is 4.32. The summed E-state index contributed by atoms with van der Waals surface area (Å²) in [4.78, 5) is 4.35. The Morgan fingerprint density at radius 1 is 1.45 bits per heavy atom. The van der Waals surface area contributed by atoms with Crippen LogP contribution in [0, 0.1) is 0 Å². The molecule has 1 atom stereocenters. The first-order valence-electron chi connectivity index (χ1n) is 6.93. The molecule has 2 N–H and O–H groups in total. The monoisotopic (exact) mass is 315 g/mol. The van der Waals surface area contributed by atoms with Gasteiger partial charge in [0, 0.05) is 24.5 Å². The van der Waals surface area contributed by atoms with E-state index in [9.17, 15) is 8.42 Å². The number of nitrogens with zero attached hydrogens (tertiary/aromatic N) is 1. The van der Waals surface area contributed by atoms with Gasteiger partial charge in [0.2, 0.25) is 10.0 Å². The number of hydrogen-bond acceptors (Lipinski definition) is 5. The van der Waals surface area contributed by atoms with Gasteiger partial charge in [-0.05, 0) is 37.1 Å². The van der Waals surface area contributed by atoms with E-state index in [-0.39, 0.29) is 4.90 Å². The normalized spacial score (nSPS) is 19.1. The molecule has 0 saturated carbocycles. The lowest BCUT2D eigenvalue weighted by Crippen LogP contribution is -2.29. The van der Waals surface area contributed by atoms with E-state index in [4.69, 9.17) is 0 Å². The Morgan fingerprint density at radius 3 is 2.90 bits per heavy atom. The molecule has 1 unspecified atom stereocenters. The Hall–Kier alpha value is -0.790. The predicted molar refractivity (Wildman–Crippen MR) is 83.7 cm³/mol. The molecule has 2 heterocycles. The van der Waals surface area contributed by atoms with E-state index in [2.05, 4.69) is 21.9 Å². The van der Waals surface area contributed by atoms with Crippen LogP contribution in [0.4, 0.5) is 5.82 Å². The Balaban J connectivity index is 1.94. The summed E-state index contributed by atoms with van der Waals surface area (Å²) in [5.41, 5.74) is 0. The maximum Gasteiger partial charge on any atom is 0.242 e. The van der Waals surface area contributed by atoms with E-state index < -0.39 is 10.0 Å². The molecule has 1 fully saturated rings. The summed E-state index contributed by atoms with van der Waals surface area (Å²) in [5.74, 6) is 1.84. The van der Waals surface area contributed by atoms with Crippen LogP contribution in [0.1, 0.15) is 26.2 Å². The first-order chi connectivity index (χ1) is 9.62. The maximum atomic E-state index is 12.1. The number of pyridine rings is 1. The van der Waals surface area contributed by atoms with E-state index in [1.807, 2.05) is 11.8 Å². The van der Waals surface area contributed by atoms with Gasteiger partial charge in [-0.25, -0.2) is 18.1 Å². The number of hydrogen-bond donors (Lipinski definition) is 2.